The second-order valence-corrected chi connectivity index (χ2v) is 2.98. The van der Waals surface area contributed by atoms with Gasteiger partial charge in [-0.2, -0.15) is 0 Å². The maximum Gasteiger partial charge on any atom is 0.166 e. The first-order valence-corrected chi connectivity index (χ1v) is 4.78. The molecule has 0 bridgehead atoms. The summed E-state index contributed by atoms with van der Waals surface area (Å²) >= 11 is 0. The van der Waals surface area contributed by atoms with Crippen molar-refractivity contribution in [2.45, 2.75) is 13.0 Å². The molecule has 15 heavy (non-hydrogen) atoms. The van der Waals surface area contributed by atoms with Gasteiger partial charge in [-0.05, 0) is 13.0 Å². The fourth-order valence-corrected chi connectivity index (χ4v) is 1.37. The summed E-state index contributed by atoms with van der Waals surface area (Å²) in [5, 5.41) is 9.42. The SMILES string of the molecule is CCOc1cccc(C(O)CF)c1OC. The zero-order valence-corrected chi connectivity index (χ0v) is 8.87. The van der Waals surface area contributed by atoms with Crippen LogP contribution in [-0.4, -0.2) is 25.5 Å². The Bertz CT molecular complexity index is 315. The van der Waals surface area contributed by atoms with Crippen molar-refractivity contribution in [3.63, 3.8) is 0 Å². The Morgan fingerprint density at radius 2 is 2.20 bits per heavy atom. The quantitative estimate of drug-likeness (QED) is 0.815. The lowest BCUT2D eigenvalue weighted by molar-refractivity contribution is 0.137. The Labute approximate surface area is 88.4 Å². The number of aliphatic hydroxyl groups excluding tert-OH is 1. The molecule has 0 aliphatic heterocycles. The Hall–Kier alpha value is -1.29. The van der Waals surface area contributed by atoms with Crippen molar-refractivity contribution in [1.29, 1.82) is 0 Å². The van der Waals surface area contributed by atoms with E-state index in [9.17, 15) is 9.50 Å². The van der Waals surface area contributed by atoms with Gasteiger partial charge in [-0.3, -0.25) is 0 Å². The van der Waals surface area contributed by atoms with Gasteiger partial charge in [0.15, 0.2) is 11.5 Å². The maximum absolute atomic E-state index is 12.4. The average molecular weight is 214 g/mol. The van der Waals surface area contributed by atoms with Crippen LogP contribution in [0, 0.1) is 0 Å². The highest BCUT2D eigenvalue weighted by molar-refractivity contribution is 5.47. The van der Waals surface area contributed by atoms with Gasteiger partial charge < -0.3 is 14.6 Å². The van der Waals surface area contributed by atoms with Crippen LogP contribution in [0.2, 0.25) is 0 Å². The minimum Gasteiger partial charge on any atom is -0.492 e. The first-order valence-electron chi connectivity index (χ1n) is 4.78. The number of alkyl halides is 1. The molecule has 1 unspecified atom stereocenters. The zero-order chi connectivity index (χ0) is 11.3. The molecular weight excluding hydrogens is 199 g/mol. The van der Waals surface area contributed by atoms with Gasteiger partial charge in [0.1, 0.15) is 12.8 Å². The van der Waals surface area contributed by atoms with E-state index in [1.807, 2.05) is 6.92 Å². The highest BCUT2D eigenvalue weighted by Crippen LogP contribution is 2.34. The van der Waals surface area contributed by atoms with Crippen LogP contribution in [0.4, 0.5) is 4.39 Å². The fourth-order valence-electron chi connectivity index (χ4n) is 1.37. The lowest BCUT2D eigenvalue weighted by Crippen LogP contribution is -2.04. The second-order valence-electron chi connectivity index (χ2n) is 2.98. The minimum atomic E-state index is -1.17. The van der Waals surface area contributed by atoms with Gasteiger partial charge in [-0.15, -0.1) is 0 Å². The van der Waals surface area contributed by atoms with Crippen LogP contribution in [0.15, 0.2) is 18.2 Å². The number of aliphatic hydroxyl groups is 1. The Morgan fingerprint density at radius 3 is 2.73 bits per heavy atom. The van der Waals surface area contributed by atoms with E-state index in [4.69, 9.17) is 9.47 Å². The van der Waals surface area contributed by atoms with Gasteiger partial charge in [-0.25, -0.2) is 4.39 Å². The third-order valence-corrected chi connectivity index (χ3v) is 2.02. The Morgan fingerprint density at radius 1 is 1.47 bits per heavy atom. The third-order valence-electron chi connectivity index (χ3n) is 2.02. The summed E-state index contributed by atoms with van der Waals surface area (Å²) in [6, 6.07) is 5.03. The Kier molecular flexibility index (Phi) is 4.37. The lowest BCUT2D eigenvalue weighted by Gasteiger charge is -2.15. The number of hydrogen-bond donors (Lipinski definition) is 1. The molecule has 1 aromatic rings. The molecule has 0 saturated carbocycles. The minimum absolute atomic E-state index is 0.393. The molecule has 84 valence electrons. The monoisotopic (exact) mass is 214 g/mol. The standard InChI is InChI=1S/C11H15FO3/c1-3-15-10-6-4-5-8(9(13)7-12)11(10)14-2/h4-6,9,13H,3,7H2,1-2H3. The molecule has 0 radical (unpaired) electrons. The predicted molar refractivity (Wildman–Crippen MR) is 55.1 cm³/mol. The van der Waals surface area contributed by atoms with Gasteiger partial charge >= 0.3 is 0 Å². The van der Waals surface area contributed by atoms with E-state index in [2.05, 4.69) is 0 Å². The first-order chi connectivity index (χ1) is 7.24. The number of ether oxygens (including phenoxy) is 2. The summed E-state index contributed by atoms with van der Waals surface area (Å²) in [6.45, 7) is 1.50. The summed E-state index contributed by atoms with van der Waals surface area (Å²) in [6.07, 6.45) is -1.17. The number of halogens is 1. The first kappa shape index (κ1) is 11.8. The predicted octanol–water partition coefficient (Wildman–Crippen LogP) is 2.10. The zero-order valence-electron chi connectivity index (χ0n) is 8.87. The van der Waals surface area contributed by atoms with E-state index in [1.54, 1.807) is 18.2 Å². The van der Waals surface area contributed by atoms with Crippen molar-refractivity contribution in [2.75, 3.05) is 20.4 Å². The average Bonchev–Trinajstić information content (AvgIpc) is 2.28. The highest BCUT2D eigenvalue weighted by Gasteiger charge is 2.16. The molecular formula is C11H15FO3. The molecule has 1 aromatic carbocycles. The number of methoxy groups -OCH3 is 1. The second kappa shape index (κ2) is 5.56. The number of para-hydroxylation sites is 1. The van der Waals surface area contributed by atoms with Gasteiger partial charge in [0.25, 0.3) is 0 Å². The van der Waals surface area contributed by atoms with Crippen molar-refractivity contribution in [3.8, 4) is 11.5 Å². The smallest absolute Gasteiger partial charge is 0.166 e. The molecule has 0 saturated heterocycles. The molecule has 0 fully saturated rings. The molecule has 0 aliphatic carbocycles. The highest BCUT2D eigenvalue weighted by atomic mass is 19.1. The van der Waals surface area contributed by atoms with Gasteiger partial charge in [0, 0.05) is 5.56 Å². The van der Waals surface area contributed by atoms with Crippen LogP contribution in [0.1, 0.15) is 18.6 Å². The molecule has 0 amide bonds. The molecule has 1 N–H and O–H groups in total. The number of benzene rings is 1. The van der Waals surface area contributed by atoms with E-state index in [0.717, 1.165) is 0 Å². The van der Waals surface area contributed by atoms with E-state index in [1.165, 1.54) is 7.11 Å². The van der Waals surface area contributed by atoms with E-state index < -0.39 is 12.8 Å². The van der Waals surface area contributed by atoms with Crippen LogP contribution < -0.4 is 9.47 Å². The van der Waals surface area contributed by atoms with Crippen LogP contribution >= 0.6 is 0 Å². The topological polar surface area (TPSA) is 38.7 Å². The normalized spacial score (nSPS) is 12.3. The summed E-state index contributed by atoms with van der Waals surface area (Å²) in [4.78, 5) is 0. The number of rotatable bonds is 5. The van der Waals surface area contributed by atoms with Crippen LogP contribution in [0.5, 0.6) is 11.5 Å². The van der Waals surface area contributed by atoms with Crippen molar-refractivity contribution >= 4 is 0 Å². The third kappa shape index (κ3) is 2.59. The lowest BCUT2D eigenvalue weighted by atomic mass is 10.1. The van der Waals surface area contributed by atoms with Crippen LogP contribution in [0.3, 0.4) is 0 Å². The van der Waals surface area contributed by atoms with Gasteiger partial charge in [-0.1, -0.05) is 12.1 Å². The molecule has 3 nitrogen and oxygen atoms in total. The summed E-state index contributed by atoms with van der Waals surface area (Å²) in [5.74, 6) is 0.912. The largest absolute Gasteiger partial charge is 0.492 e. The molecule has 0 aromatic heterocycles. The Balaban J connectivity index is 3.09. The van der Waals surface area contributed by atoms with E-state index in [-0.39, 0.29) is 0 Å². The van der Waals surface area contributed by atoms with Crippen molar-refractivity contribution < 1.29 is 19.0 Å². The summed E-state index contributed by atoms with van der Waals surface area (Å²) in [7, 11) is 1.46. The molecule has 0 spiro atoms. The molecule has 4 heteroatoms. The maximum atomic E-state index is 12.4. The van der Waals surface area contributed by atoms with Crippen LogP contribution in [0.25, 0.3) is 0 Å². The molecule has 1 atom stereocenters. The molecule has 0 heterocycles. The summed E-state index contributed by atoms with van der Waals surface area (Å²) < 4.78 is 22.8. The van der Waals surface area contributed by atoms with Crippen molar-refractivity contribution in [2.24, 2.45) is 0 Å². The molecule has 0 aliphatic rings. The molecule has 1 rings (SSSR count). The van der Waals surface area contributed by atoms with Crippen molar-refractivity contribution in [1.82, 2.24) is 0 Å². The van der Waals surface area contributed by atoms with E-state index >= 15 is 0 Å². The summed E-state index contributed by atoms with van der Waals surface area (Å²) in [5.41, 5.74) is 0.408. The van der Waals surface area contributed by atoms with Crippen molar-refractivity contribution in [3.05, 3.63) is 23.8 Å². The van der Waals surface area contributed by atoms with Gasteiger partial charge in [0.05, 0.1) is 13.7 Å². The van der Waals surface area contributed by atoms with Crippen LogP contribution in [-0.2, 0) is 0 Å². The van der Waals surface area contributed by atoms with E-state index in [0.29, 0.717) is 23.7 Å². The number of hydrogen-bond acceptors (Lipinski definition) is 3. The van der Waals surface area contributed by atoms with Gasteiger partial charge in [0.2, 0.25) is 0 Å². The fraction of sp³-hybridized carbons (Fsp3) is 0.455.